The second kappa shape index (κ2) is 59.8. The first kappa shape index (κ1) is 87.1. The number of phosphoric ester groups is 2. The molecule has 0 saturated heterocycles. The van der Waals surface area contributed by atoms with Gasteiger partial charge in [-0.1, -0.05) is 293 Å². The van der Waals surface area contributed by atoms with E-state index in [-0.39, 0.29) is 25.7 Å². The third-order valence-corrected chi connectivity index (χ3v) is 18.0. The van der Waals surface area contributed by atoms with Crippen molar-refractivity contribution in [3.05, 3.63) is 0 Å². The summed E-state index contributed by atoms with van der Waals surface area (Å²) in [7, 11) is -9.90. The molecule has 0 spiro atoms. The van der Waals surface area contributed by atoms with E-state index in [4.69, 9.17) is 37.0 Å². The standard InChI is InChI=1S/C70H136O17P2/c1-60(2)46-38-30-22-16-12-10-9-11-13-19-26-36-44-52-69(74)87-66(57-81-68(73)51-43-35-29-28-33-41-49-63(7)8)59-85-89(78,79)83-55-64(71)54-82-88(76,77)84-58-65(86-70(75)53-45-37-27-21-15-18-24-32-40-48-62(5)6)56-80-67(72)50-42-34-25-20-14-17-23-31-39-47-61(3)4/h60-66,71H,9-59H2,1-8H3,(H,76,77)(H,78,79)/t64-,65-,66-/m1/s1. The smallest absolute Gasteiger partial charge is 0.462 e. The van der Waals surface area contributed by atoms with Crippen molar-refractivity contribution in [3.8, 4) is 0 Å². The summed E-state index contributed by atoms with van der Waals surface area (Å²) in [4.78, 5) is 72.5. The lowest BCUT2D eigenvalue weighted by atomic mass is 10.0. The highest BCUT2D eigenvalue weighted by Crippen LogP contribution is 2.45. The number of phosphoric acid groups is 2. The van der Waals surface area contributed by atoms with Gasteiger partial charge in [-0.15, -0.1) is 0 Å². The van der Waals surface area contributed by atoms with Crippen molar-refractivity contribution >= 4 is 39.5 Å². The largest absolute Gasteiger partial charge is 0.472 e. The molecule has 0 heterocycles. The van der Waals surface area contributed by atoms with Crippen LogP contribution in [0.4, 0.5) is 0 Å². The van der Waals surface area contributed by atoms with E-state index in [1.807, 2.05) is 0 Å². The van der Waals surface area contributed by atoms with Crippen LogP contribution in [0.5, 0.6) is 0 Å². The number of hydrogen-bond acceptors (Lipinski definition) is 15. The van der Waals surface area contributed by atoms with Gasteiger partial charge in [0, 0.05) is 25.7 Å². The summed E-state index contributed by atoms with van der Waals surface area (Å²) in [6, 6.07) is 0. The monoisotopic (exact) mass is 1310 g/mol. The molecule has 0 aliphatic rings. The molecule has 0 fully saturated rings. The Bertz CT molecular complexity index is 1760. The minimum absolute atomic E-state index is 0.104. The quantitative estimate of drug-likeness (QED) is 0.0222. The first-order chi connectivity index (χ1) is 42.6. The van der Waals surface area contributed by atoms with Crippen molar-refractivity contribution < 1.29 is 80.2 Å². The molecule has 0 aliphatic carbocycles. The van der Waals surface area contributed by atoms with Gasteiger partial charge in [0.1, 0.15) is 19.3 Å². The number of unbranched alkanes of at least 4 members (excludes halogenated alkanes) is 33. The summed E-state index contributed by atoms with van der Waals surface area (Å²) in [6.07, 6.45) is 41.8. The van der Waals surface area contributed by atoms with Crippen LogP contribution >= 0.6 is 15.6 Å². The Morgan fingerprint density at radius 1 is 0.281 bits per heavy atom. The van der Waals surface area contributed by atoms with Crippen LogP contribution in [-0.2, 0) is 65.4 Å². The van der Waals surface area contributed by atoms with E-state index in [9.17, 15) is 43.2 Å². The van der Waals surface area contributed by atoms with Gasteiger partial charge in [-0.2, -0.15) is 0 Å². The minimum Gasteiger partial charge on any atom is -0.462 e. The molecular formula is C70H136O17P2. The molecule has 2 unspecified atom stereocenters. The lowest BCUT2D eigenvalue weighted by molar-refractivity contribution is -0.161. The highest BCUT2D eigenvalue weighted by atomic mass is 31.2. The Morgan fingerprint density at radius 3 is 0.697 bits per heavy atom. The van der Waals surface area contributed by atoms with Gasteiger partial charge in [-0.25, -0.2) is 9.13 Å². The lowest BCUT2D eigenvalue weighted by Crippen LogP contribution is -2.30. The molecular weight excluding hydrogens is 1170 g/mol. The van der Waals surface area contributed by atoms with Gasteiger partial charge in [0.15, 0.2) is 12.2 Å². The maximum atomic E-state index is 13.0. The van der Waals surface area contributed by atoms with Crippen molar-refractivity contribution in [2.24, 2.45) is 23.7 Å². The fraction of sp³-hybridized carbons (Fsp3) is 0.943. The normalized spacial score (nSPS) is 14.3. The van der Waals surface area contributed by atoms with Crippen LogP contribution in [0.15, 0.2) is 0 Å². The topological polar surface area (TPSA) is 237 Å². The summed E-state index contributed by atoms with van der Waals surface area (Å²) in [5.41, 5.74) is 0. The number of rotatable bonds is 67. The highest BCUT2D eigenvalue weighted by molar-refractivity contribution is 7.47. The minimum atomic E-state index is -4.95. The number of aliphatic hydroxyl groups excluding tert-OH is 1. The second-order valence-corrected chi connectivity index (χ2v) is 30.1. The van der Waals surface area contributed by atoms with Crippen LogP contribution in [0.2, 0.25) is 0 Å². The Labute approximate surface area is 543 Å². The Hall–Kier alpha value is -1.94. The Kier molecular flexibility index (Phi) is 58.5. The third kappa shape index (κ3) is 64.6. The van der Waals surface area contributed by atoms with Gasteiger partial charge in [-0.05, 0) is 49.4 Å². The van der Waals surface area contributed by atoms with Crippen molar-refractivity contribution in [1.29, 1.82) is 0 Å². The fourth-order valence-corrected chi connectivity index (χ4v) is 12.1. The summed E-state index contributed by atoms with van der Waals surface area (Å²) in [5.74, 6) is 0.815. The van der Waals surface area contributed by atoms with Crippen LogP contribution in [-0.4, -0.2) is 96.7 Å². The highest BCUT2D eigenvalue weighted by Gasteiger charge is 2.30. The van der Waals surface area contributed by atoms with Crippen molar-refractivity contribution in [2.45, 2.75) is 363 Å². The predicted octanol–water partition coefficient (Wildman–Crippen LogP) is 19.7. The van der Waals surface area contributed by atoms with E-state index in [0.717, 1.165) is 114 Å². The van der Waals surface area contributed by atoms with Gasteiger partial charge in [0.25, 0.3) is 0 Å². The van der Waals surface area contributed by atoms with Crippen molar-refractivity contribution in [1.82, 2.24) is 0 Å². The summed E-state index contributed by atoms with van der Waals surface area (Å²) in [6.45, 7) is 14.0. The second-order valence-electron chi connectivity index (χ2n) is 27.2. The van der Waals surface area contributed by atoms with Gasteiger partial charge in [0.2, 0.25) is 0 Å². The van der Waals surface area contributed by atoms with E-state index >= 15 is 0 Å². The molecule has 5 atom stereocenters. The molecule has 0 bridgehead atoms. The summed E-state index contributed by atoms with van der Waals surface area (Å²) >= 11 is 0. The zero-order chi connectivity index (χ0) is 66.1. The third-order valence-electron chi connectivity index (χ3n) is 16.1. The molecule has 0 amide bonds. The predicted molar refractivity (Wildman–Crippen MR) is 358 cm³/mol. The van der Waals surface area contributed by atoms with Gasteiger partial charge < -0.3 is 33.8 Å². The molecule has 89 heavy (non-hydrogen) atoms. The molecule has 0 aromatic rings. The number of ether oxygens (including phenoxy) is 4. The van der Waals surface area contributed by atoms with Crippen LogP contribution in [0.3, 0.4) is 0 Å². The van der Waals surface area contributed by atoms with E-state index in [0.29, 0.717) is 31.6 Å². The Balaban J connectivity index is 5.23. The van der Waals surface area contributed by atoms with Crippen LogP contribution < -0.4 is 0 Å². The molecule has 0 aromatic heterocycles. The van der Waals surface area contributed by atoms with Crippen LogP contribution in [0.1, 0.15) is 344 Å². The average molecular weight is 1310 g/mol. The van der Waals surface area contributed by atoms with Crippen LogP contribution in [0, 0.1) is 23.7 Å². The van der Waals surface area contributed by atoms with Crippen LogP contribution in [0.25, 0.3) is 0 Å². The molecule has 0 rings (SSSR count). The molecule has 17 nitrogen and oxygen atoms in total. The van der Waals surface area contributed by atoms with Crippen molar-refractivity contribution in [2.75, 3.05) is 39.6 Å². The maximum Gasteiger partial charge on any atom is 0.472 e. The van der Waals surface area contributed by atoms with Gasteiger partial charge >= 0.3 is 39.5 Å². The number of carbonyl (C=O) groups excluding carboxylic acids is 4. The number of hydrogen-bond donors (Lipinski definition) is 3. The lowest BCUT2D eigenvalue weighted by Gasteiger charge is -2.21. The number of carbonyl (C=O) groups is 4. The summed E-state index contributed by atoms with van der Waals surface area (Å²) in [5, 5.41) is 10.6. The fourth-order valence-electron chi connectivity index (χ4n) is 10.5. The summed E-state index contributed by atoms with van der Waals surface area (Å²) < 4.78 is 68.2. The molecule has 0 aliphatic heterocycles. The average Bonchev–Trinajstić information content (AvgIpc) is 3.69. The van der Waals surface area contributed by atoms with E-state index < -0.39 is 97.5 Å². The molecule has 3 N–H and O–H groups in total. The molecule has 0 saturated carbocycles. The molecule has 19 heteroatoms. The maximum absolute atomic E-state index is 13.0. The zero-order valence-corrected chi connectivity index (χ0v) is 59.8. The first-order valence-electron chi connectivity index (χ1n) is 36.2. The zero-order valence-electron chi connectivity index (χ0n) is 58.1. The molecule has 0 aromatic carbocycles. The SMILES string of the molecule is CC(C)CCCCCCCCCCCCCCCC(=O)O[C@H](COC(=O)CCCCCCCCC(C)C)COP(=O)(O)OC[C@H](O)COP(=O)(O)OC[C@@H](COC(=O)CCCCCCCCCCCC(C)C)OC(=O)CCCCCCCCCCCC(C)C. The number of aliphatic hydroxyl groups is 1. The van der Waals surface area contributed by atoms with E-state index in [1.54, 1.807) is 0 Å². The van der Waals surface area contributed by atoms with Gasteiger partial charge in [0.05, 0.1) is 26.4 Å². The van der Waals surface area contributed by atoms with Gasteiger partial charge in [-0.3, -0.25) is 37.3 Å². The van der Waals surface area contributed by atoms with Crippen molar-refractivity contribution in [3.63, 3.8) is 0 Å². The molecule has 528 valence electrons. The first-order valence-corrected chi connectivity index (χ1v) is 39.2. The van der Waals surface area contributed by atoms with E-state index in [2.05, 4.69) is 55.4 Å². The number of esters is 4. The van der Waals surface area contributed by atoms with E-state index in [1.165, 1.54) is 141 Å². The molecule has 0 radical (unpaired) electrons. The Morgan fingerprint density at radius 2 is 0.472 bits per heavy atom.